The highest BCUT2D eigenvalue weighted by Crippen LogP contribution is 2.29. The smallest absolute Gasteiger partial charge is 0.249 e. The van der Waals surface area contributed by atoms with E-state index in [-0.39, 0.29) is 18.4 Å². The lowest BCUT2D eigenvalue weighted by Crippen LogP contribution is -2.18. The van der Waals surface area contributed by atoms with Gasteiger partial charge in [-0.15, -0.1) is 5.10 Å². The molecule has 1 N–H and O–H groups in total. The van der Waals surface area contributed by atoms with Gasteiger partial charge in [0.1, 0.15) is 6.54 Å². The van der Waals surface area contributed by atoms with Gasteiger partial charge in [-0.2, -0.15) is 4.98 Å². The Morgan fingerprint density at radius 2 is 2.04 bits per heavy atom. The molecule has 0 radical (unpaired) electrons. The number of anilines is 2. The highest BCUT2D eigenvalue weighted by Gasteiger charge is 2.11. The number of nitrogens with zero attached hydrogens (tertiary/aromatic N) is 6. The maximum Gasteiger partial charge on any atom is 0.249 e. The fourth-order valence-electron chi connectivity index (χ4n) is 2.91. The highest BCUT2D eigenvalue weighted by molar-refractivity contribution is 5.89. The molecule has 3 heterocycles. The zero-order chi connectivity index (χ0) is 18.8. The van der Waals surface area contributed by atoms with Crippen LogP contribution in [0.2, 0.25) is 0 Å². The summed E-state index contributed by atoms with van der Waals surface area (Å²) in [7, 11) is 4.03. The number of amides is 1. The molecular formula is C19H19N7O. The highest BCUT2D eigenvalue weighted by atomic mass is 16.2. The number of pyridine rings is 1. The summed E-state index contributed by atoms with van der Waals surface area (Å²) in [5, 5.41) is 7.10. The van der Waals surface area contributed by atoms with Crippen LogP contribution in [0.5, 0.6) is 0 Å². The summed E-state index contributed by atoms with van der Waals surface area (Å²) in [4.78, 5) is 22.5. The Morgan fingerprint density at radius 3 is 2.81 bits per heavy atom. The number of carbonyl (C=O) groups excluding carboxylic acids is 1. The molecule has 0 fully saturated rings. The number of rotatable bonds is 5. The summed E-state index contributed by atoms with van der Waals surface area (Å²) in [6, 6.07) is 12.1. The molecule has 0 spiro atoms. The lowest BCUT2D eigenvalue weighted by Gasteiger charge is -2.17. The van der Waals surface area contributed by atoms with E-state index in [1.807, 2.05) is 44.6 Å². The standard InChI is InChI=1S/C19H19N7O/c1-24(2)16-6-4-3-5-15(16)14-7-8-17-21-19(23-26(17)11-14)22-18(27)12-25-10-9-20-13-25/h3-11,13H,12H2,1-2H3,(H,22,23,27). The Morgan fingerprint density at radius 1 is 1.19 bits per heavy atom. The van der Waals surface area contributed by atoms with Gasteiger partial charge in [0.05, 0.1) is 6.33 Å². The van der Waals surface area contributed by atoms with Gasteiger partial charge in [0.25, 0.3) is 0 Å². The van der Waals surface area contributed by atoms with Crippen molar-refractivity contribution in [2.45, 2.75) is 6.54 Å². The fraction of sp³-hybridized carbons (Fsp3) is 0.158. The average molecular weight is 361 g/mol. The van der Waals surface area contributed by atoms with E-state index in [2.05, 4.69) is 37.4 Å². The first-order chi connectivity index (χ1) is 13.1. The van der Waals surface area contributed by atoms with Crippen molar-refractivity contribution >= 4 is 23.2 Å². The fourth-order valence-corrected chi connectivity index (χ4v) is 2.91. The van der Waals surface area contributed by atoms with Crippen LogP contribution >= 0.6 is 0 Å². The molecule has 0 aliphatic heterocycles. The van der Waals surface area contributed by atoms with Crippen LogP contribution in [0.15, 0.2) is 61.3 Å². The van der Waals surface area contributed by atoms with Gasteiger partial charge in [0, 0.05) is 49.5 Å². The number of benzene rings is 1. The quantitative estimate of drug-likeness (QED) is 0.590. The predicted octanol–water partition coefficient (Wildman–Crippen LogP) is 2.30. The minimum Gasteiger partial charge on any atom is -0.377 e. The van der Waals surface area contributed by atoms with Crippen LogP contribution < -0.4 is 10.2 Å². The monoisotopic (exact) mass is 361 g/mol. The van der Waals surface area contributed by atoms with Crippen molar-refractivity contribution < 1.29 is 4.79 Å². The van der Waals surface area contributed by atoms with E-state index in [1.165, 1.54) is 0 Å². The summed E-state index contributed by atoms with van der Waals surface area (Å²) in [5.41, 5.74) is 3.91. The lowest BCUT2D eigenvalue weighted by atomic mass is 10.1. The summed E-state index contributed by atoms with van der Waals surface area (Å²) in [6.07, 6.45) is 6.86. The number of nitrogens with one attached hydrogen (secondary N) is 1. The summed E-state index contributed by atoms with van der Waals surface area (Å²) >= 11 is 0. The van der Waals surface area contributed by atoms with Crippen LogP contribution in [0.1, 0.15) is 0 Å². The van der Waals surface area contributed by atoms with E-state index in [9.17, 15) is 4.79 Å². The third-order valence-electron chi connectivity index (χ3n) is 4.16. The lowest BCUT2D eigenvalue weighted by molar-refractivity contribution is -0.116. The van der Waals surface area contributed by atoms with Gasteiger partial charge < -0.3 is 9.47 Å². The zero-order valence-electron chi connectivity index (χ0n) is 15.1. The Labute approximate surface area is 156 Å². The molecule has 8 heteroatoms. The Bertz CT molecular complexity index is 1080. The predicted molar refractivity (Wildman–Crippen MR) is 104 cm³/mol. The molecule has 1 amide bonds. The van der Waals surface area contributed by atoms with Crippen LogP contribution in [0, 0.1) is 0 Å². The topological polar surface area (TPSA) is 80.3 Å². The Balaban J connectivity index is 1.60. The molecule has 0 saturated heterocycles. The molecule has 136 valence electrons. The number of hydrogen-bond donors (Lipinski definition) is 1. The average Bonchev–Trinajstić information content (AvgIpc) is 3.29. The number of aromatic nitrogens is 5. The number of imidazole rings is 1. The molecular weight excluding hydrogens is 342 g/mol. The maximum atomic E-state index is 12.1. The first-order valence-corrected chi connectivity index (χ1v) is 8.49. The van der Waals surface area contributed by atoms with Crippen LogP contribution in [0.3, 0.4) is 0 Å². The number of fused-ring (bicyclic) bond motifs is 1. The van der Waals surface area contributed by atoms with Crippen molar-refractivity contribution in [2.24, 2.45) is 0 Å². The normalized spacial score (nSPS) is 10.9. The van der Waals surface area contributed by atoms with Crippen molar-refractivity contribution in [2.75, 3.05) is 24.3 Å². The van der Waals surface area contributed by atoms with Crippen molar-refractivity contribution in [1.29, 1.82) is 0 Å². The van der Waals surface area contributed by atoms with Gasteiger partial charge in [-0.05, 0) is 18.2 Å². The molecule has 4 rings (SSSR count). The Hall–Kier alpha value is -3.68. The summed E-state index contributed by atoms with van der Waals surface area (Å²) in [5.74, 6) is 0.0697. The van der Waals surface area contributed by atoms with Gasteiger partial charge in [-0.1, -0.05) is 18.2 Å². The molecule has 0 atom stereocenters. The van der Waals surface area contributed by atoms with E-state index >= 15 is 0 Å². The van der Waals surface area contributed by atoms with Gasteiger partial charge in [-0.3, -0.25) is 10.1 Å². The molecule has 0 aliphatic rings. The van der Waals surface area contributed by atoms with E-state index in [4.69, 9.17) is 0 Å². The first-order valence-electron chi connectivity index (χ1n) is 8.49. The van der Waals surface area contributed by atoms with E-state index in [0.29, 0.717) is 5.65 Å². The second-order valence-electron chi connectivity index (χ2n) is 6.35. The minimum atomic E-state index is -0.206. The molecule has 1 aromatic carbocycles. The molecule has 0 bridgehead atoms. The van der Waals surface area contributed by atoms with Crippen molar-refractivity contribution in [3.05, 3.63) is 61.3 Å². The molecule has 4 aromatic rings. The minimum absolute atomic E-state index is 0.164. The Kier molecular flexibility index (Phi) is 4.29. The summed E-state index contributed by atoms with van der Waals surface area (Å²) in [6.45, 7) is 0.164. The summed E-state index contributed by atoms with van der Waals surface area (Å²) < 4.78 is 3.36. The van der Waals surface area contributed by atoms with E-state index in [0.717, 1.165) is 16.8 Å². The largest absolute Gasteiger partial charge is 0.377 e. The molecule has 0 aliphatic carbocycles. The number of para-hydroxylation sites is 1. The number of carbonyl (C=O) groups is 1. The first kappa shape index (κ1) is 16.8. The van der Waals surface area contributed by atoms with Gasteiger partial charge in [0.15, 0.2) is 5.65 Å². The van der Waals surface area contributed by atoms with Crippen molar-refractivity contribution in [3.8, 4) is 11.1 Å². The second-order valence-corrected chi connectivity index (χ2v) is 6.35. The van der Waals surface area contributed by atoms with Crippen LogP contribution in [-0.2, 0) is 11.3 Å². The molecule has 0 unspecified atom stereocenters. The number of hydrogen-bond acceptors (Lipinski definition) is 5. The molecule has 8 nitrogen and oxygen atoms in total. The van der Waals surface area contributed by atoms with Gasteiger partial charge in [0.2, 0.25) is 11.9 Å². The third-order valence-corrected chi connectivity index (χ3v) is 4.16. The van der Waals surface area contributed by atoms with Crippen molar-refractivity contribution in [1.82, 2.24) is 24.1 Å². The van der Waals surface area contributed by atoms with E-state index in [1.54, 1.807) is 27.8 Å². The van der Waals surface area contributed by atoms with Crippen LogP contribution in [0.25, 0.3) is 16.8 Å². The van der Waals surface area contributed by atoms with Crippen LogP contribution in [-0.4, -0.2) is 44.2 Å². The molecule has 27 heavy (non-hydrogen) atoms. The molecule has 3 aromatic heterocycles. The van der Waals surface area contributed by atoms with Gasteiger partial charge in [-0.25, -0.2) is 9.50 Å². The molecule has 0 saturated carbocycles. The van der Waals surface area contributed by atoms with Crippen molar-refractivity contribution in [3.63, 3.8) is 0 Å². The SMILES string of the molecule is CN(C)c1ccccc1-c1ccc2nc(NC(=O)Cn3ccnc3)nn2c1. The third kappa shape index (κ3) is 3.50. The maximum absolute atomic E-state index is 12.1. The van der Waals surface area contributed by atoms with Crippen LogP contribution in [0.4, 0.5) is 11.6 Å². The zero-order valence-corrected chi connectivity index (χ0v) is 15.1. The second kappa shape index (κ2) is 6.91. The van der Waals surface area contributed by atoms with E-state index < -0.39 is 0 Å². The van der Waals surface area contributed by atoms with Gasteiger partial charge >= 0.3 is 0 Å².